The van der Waals surface area contributed by atoms with Crippen LogP contribution in [0.15, 0.2) is 60.3 Å². The maximum atomic E-state index is 6.31. The van der Waals surface area contributed by atoms with Crippen molar-refractivity contribution in [2.45, 2.75) is 19.5 Å². The molecule has 0 spiro atoms. The highest BCUT2D eigenvalue weighted by molar-refractivity contribution is 6.33. The maximum Gasteiger partial charge on any atom is 0.119 e. The van der Waals surface area contributed by atoms with Crippen LogP contribution in [0.5, 0.6) is 5.75 Å². The molecule has 1 N–H and O–H groups in total. The molecule has 0 aromatic heterocycles. The van der Waals surface area contributed by atoms with Gasteiger partial charge in [0.1, 0.15) is 5.75 Å². The largest absolute Gasteiger partial charge is 0.497 e. The lowest BCUT2D eigenvalue weighted by atomic mass is 10.1. The first kappa shape index (κ1) is 17.8. The highest BCUT2D eigenvalue weighted by Crippen LogP contribution is 2.28. The first-order chi connectivity index (χ1) is 12.1. The number of halogens is 1. The van der Waals surface area contributed by atoms with Crippen LogP contribution >= 0.6 is 11.6 Å². The summed E-state index contributed by atoms with van der Waals surface area (Å²) in [7, 11) is 3.83. The minimum atomic E-state index is 0.268. The lowest BCUT2D eigenvalue weighted by molar-refractivity contribution is 0.347. The fourth-order valence-electron chi connectivity index (χ4n) is 3.02. The van der Waals surface area contributed by atoms with Crippen molar-refractivity contribution in [3.63, 3.8) is 0 Å². The number of hydrogen-bond acceptors (Lipinski definition) is 4. The standard InChI is InChI=1S/C20H24ClN3O/c1-15-17(14-24(22-15)20-10-5-4-9-19(20)21)13-23(2)12-16-7-6-8-18(11-16)25-3/h4-11,14-15,22H,12-13H2,1-3H3. The molecule has 2 aromatic rings. The molecule has 0 aliphatic carbocycles. The molecule has 1 heterocycles. The average Bonchev–Trinajstić information content (AvgIpc) is 2.95. The number of hydrazine groups is 1. The van der Waals surface area contributed by atoms with E-state index in [1.807, 2.05) is 41.4 Å². The van der Waals surface area contributed by atoms with E-state index < -0.39 is 0 Å². The number of rotatable bonds is 6. The van der Waals surface area contributed by atoms with Crippen molar-refractivity contribution in [3.8, 4) is 5.75 Å². The van der Waals surface area contributed by atoms with Gasteiger partial charge in [-0.05, 0) is 49.4 Å². The summed E-state index contributed by atoms with van der Waals surface area (Å²) < 4.78 is 5.30. The molecular weight excluding hydrogens is 334 g/mol. The van der Waals surface area contributed by atoms with Crippen LogP contribution in [-0.2, 0) is 6.54 Å². The third-order valence-electron chi connectivity index (χ3n) is 4.33. The van der Waals surface area contributed by atoms with Crippen LogP contribution < -0.4 is 15.2 Å². The number of anilines is 1. The van der Waals surface area contributed by atoms with Crippen molar-refractivity contribution >= 4 is 17.3 Å². The Morgan fingerprint density at radius 2 is 1.96 bits per heavy atom. The Hall–Kier alpha value is -2.01. The van der Waals surface area contributed by atoms with Crippen molar-refractivity contribution in [2.75, 3.05) is 25.7 Å². The lowest BCUT2D eigenvalue weighted by Gasteiger charge is -2.20. The Labute approximate surface area is 154 Å². The third kappa shape index (κ3) is 4.34. The first-order valence-electron chi connectivity index (χ1n) is 8.39. The van der Waals surface area contributed by atoms with Gasteiger partial charge in [-0.3, -0.25) is 9.91 Å². The van der Waals surface area contributed by atoms with Crippen molar-refractivity contribution < 1.29 is 4.74 Å². The lowest BCUT2D eigenvalue weighted by Crippen LogP contribution is -2.35. The average molecular weight is 358 g/mol. The van der Waals surface area contributed by atoms with E-state index >= 15 is 0 Å². The van der Waals surface area contributed by atoms with E-state index in [0.717, 1.165) is 29.5 Å². The number of methoxy groups -OCH3 is 1. The molecule has 1 atom stereocenters. The Balaban J connectivity index is 1.67. The van der Waals surface area contributed by atoms with Crippen molar-refractivity contribution in [2.24, 2.45) is 0 Å². The molecule has 0 radical (unpaired) electrons. The summed E-state index contributed by atoms with van der Waals surface area (Å²) in [5, 5.41) is 2.76. The van der Waals surface area contributed by atoms with Gasteiger partial charge in [-0.2, -0.15) is 0 Å². The van der Waals surface area contributed by atoms with Crippen LogP contribution in [0.2, 0.25) is 5.02 Å². The third-order valence-corrected chi connectivity index (χ3v) is 4.65. The fraction of sp³-hybridized carbons (Fsp3) is 0.300. The van der Waals surface area contributed by atoms with Crippen LogP contribution in [0.25, 0.3) is 0 Å². The summed E-state index contributed by atoms with van der Waals surface area (Å²) in [5.41, 5.74) is 7.00. The van der Waals surface area contributed by atoms with Crippen LogP contribution in [0.3, 0.4) is 0 Å². The van der Waals surface area contributed by atoms with Crippen molar-refractivity contribution in [1.82, 2.24) is 10.3 Å². The Kier molecular flexibility index (Phi) is 5.63. The second-order valence-corrected chi connectivity index (χ2v) is 6.81. The zero-order valence-corrected chi connectivity index (χ0v) is 15.6. The number of ether oxygens (including phenoxy) is 1. The number of para-hydroxylation sites is 1. The number of likely N-dealkylation sites (N-methyl/N-ethyl adjacent to an activating group) is 1. The zero-order chi connectivity index (χ0) is 17.8. The van der Waals surface area contributed by atoms with Crippen LogP contribution in [0.1, 0.15) is 12.5 Å². The van der Waals surface area contributed by atoms with E-state index in [4.69, 9.17) is 16.3 Å². The number of hydrogen-bond donors (Lipinski definition) is 1. The van der Waals surface area contributed by atoms with Crippen LogP contribution in [-0.4, -0.2) is 31.6 Å². The minimum absolute atomic E-state index is 0.268. The SMILES string of the molecule is COc1cccc(CN(C)CC2=CN(c3ccccc3Cl)NC2C)c1. The fourth-order valence-corrected chi connectivity index (χ4v) is 3.25. The molecule has 0 saturated carbocycles. The van der Waals surface area contributed by atoms with Crippen LogP contribution in [0.4, 0.5) is 5.69 Å². The number of nitrogens with zero attached hydrogens (tertiary/aromatic N) is 2. The van der Waals surface area contributed by atoms with Gasteiger partial charge in [-0.1, -0.05) is 35.9 Å². The quantitative estimate of drug-likeness (QED) is 0.843. The molecular formula is C20H24ClN3O. The molecule has 2 aromatic carbocycles. The van der Waals surface area contributed by atoms with Gasteiger partial charge in [-0.15, -0.1) is 0 Å². The summed E-state index contributed by atoms with van der Waals surface area (Å²) in [5.74, 6) is 0.894. The second-order valence-electron chi connectivity index (χ2n) is 6.40. The maximum absolute atomic E-state index is 6.31. The molecule has 1 aliphatic rings. The highest BCUT2D eigenvalue weighted by Gasteiger charge is 2.22. The first-order valence-corrected chi connectivity index (χ1v) is 8.76. The summed E-state index contributed by atoms with van der Waals surface area (Å²) in [6.45, 7) is 3.92. The summed E-state index contributed by atoms with van der Waals surface area (Å²) in [6.07, 6.45) is 2.15. The molecule has 3 rings (SSSR count). The summed E-state index contributed by atoms with van der Waals surface area (Å²) >= 11 is 6.31. The smallest absolute Gasteiger partial charge is 0.119 e. The molecule has 5 heteroatoms. The molecule has 0 saturated heterocycles. The van der Waals surface area contributed by atoms with Gasteiger partial charge in [0.2, 0.25) is 0 Å². The molecule has 0 amide bonds. The van der Waals surface area contributed by atoms with Crippen LogP contribution in [0, 0.1) is 0 Å². The minimum Gasteiger partial charge on any atom is -0.497 e. The van der Waals surface area contributed by atoms with E-state index in [9.17, 15) is 0 Å². The van der Waals surface area contributed by atoms with Gasteiger partial charge in [0.25, 0.3) is 0 Å². The normalized spacial score (nSPS) is 17.1. The van der Waals surface area contributed by atoms with E-state index in [0.29, 0.717) is 0 Å². The summed E-state index contributed by atoms with van der Waals surface area (Å²) in [6, 6.07) is 16.3. The molecule has 4 nitrogen and oxygen atoms in total. The molecule has 1 aliphatic heterocycles. The predicted octanol–water partition coefficient (Wildman–Crippen LogP) is 4.08. The number of nitrogens with one attached hydrogen (secondary N) is 1. The van der Waals surface area contributed by atoms with Gasteiger partial charge in [0.15, 0.2) is 0 Å². The monoisotopic (exact) mass is 357 g/mol. The van der Waals surface area contributed by atoms with Gasteiger partial charge >= 0.3 is 0 Å². The van der Waals surface area contributed by atoms with E-state index in [1.54, 1.807) is 7.11 Å². The Morgan fingerprint density at radius 1 is 1.16 bits per heavy atom. The van der Waals surface area contributed by atoms with Crippen molar-refractivity contribution in [1.29, 1.82) is 0 Å². The van der Waals surface area contributed by atoms with Gasteiger partial charge < -0.3 is 4.74 Å². The Morgan fingerprint density at radius 3 is 2.72 bits per heavy atom. The highest BCUT2D eigenvalue weighted by atomic mass is 35.5. The van der Waals surface area contributed by atoms with E-state index in [1.165, 1.54) is 11.1 Å². The molecule has 1 unspecified atom stereocenters. The Bertz CT molecular complexity index is 762. The summed E-state index contributed by atoms with van der Waals surface area (Å²) in [4.78, 5) is 2.30. The van der Waals surface area contributed by atoms with Gasteiger partial charge in [0, 0.05) is 25.3 Å². The number of benzene rings is 2. The topological polar surface area (TPSA) is 27.7 Å². The zero-order valence-electron chi connectivity index (χ0n) is 14.9. The molecule has 0 bridgehead atoms. The predicted molar refractivity (Wildman–Crippen MR) is 104 cm³/mol. The van der Waals surface area contributed by atoms with Crippen molar-refractivity contribution in [3.05, 3.63) is 70.9 Å². The van der Waals surface area contributed by atoms with E-state index in [-0.39, 0.29) is 6.04 Å². The second kappa shape index (κ2) is 7.91. The van der Waals surface area contributed by atoms with Gasteiger partial charge in [0.05, 0.1) is 17.8 Å². The molecule has 132 valence electrons. The molecule has 25 heavy (non-hydrogen) atoms. The molecule has 0 fully saturated rings. The van der Waals surface area contributed by atoms with E-state index in [2.05, 4.69) is 42.6 Å². The van der Waals surface area contributed by atoms with Gasteiger partial charge in [-0.25, -0.2) is 5.43 Å².